The van der Waals surface area contributed by atoms with Crippen molar-refractivity contribution < 1.29 is 14.4 Å². The minimum Gasteiger partial charge on any atom is -0.351 e. The minimum atomic E-state index is -0.206. The van der Waals surface area contributed by atoms with Crippen molar-refractivity contribution in [3.8, 4) is 0 Å². The van der Waals surface area contributed by atoms with Gasteiger partial charge in [-0.15, -0.1) is 11.8 Å². The molecule has 2 aliphatic rings. The fourth-order valence-corrected chi connectivity index (χ4v) is 5.27. The molecule has 3 rings (SSSR count). The SMILES string of the molecule is CC(C)Sc1ccc(CC(=O)NC2CCCCC2N2C(=O)CSC2=O)cc1. The molecule has 1 saturated carbocycles. The Morgan fingerprint density at radius 2 is 1.93 bits per heavy atom. The van der Waals surface area contributed by atoms with Gasteiger partial charge in [-0.05, 0) is 30.5 Å². The molecule has 1 aromatic carbocycles. The van der Waals surface area contributed by atoms with Gasteiger partial charge in [-0.25, -0.2) is 0 Å². The Hall–Kier alpha value is -1.47. The second kappa shape index (κ2) is 9.15. The molecule has 1 heterocycles. The van der Waals surface area contributed by atoms with E-state index in [0.29, 0.717) is 11.7 Å². The van der Waals surface area contributed by atoms with Crippen LogP contribution in [0.25, 0.3) is 0 Å². The summed E-state index contributed by atoms with van der Waals surface area (Å²) in [4.78, 5) is 39.3. The second-order valence-electron chi connectivity index (χ2n) is 7.33. The van der Waals surface area contributed by atoms with Crippen molar-refractivity contribution >= 4 is 40.6 Å². The van der Waals surface area contributed by atoms with Gasteiger partial charge in [0.15, 0.2) is 0 Å². The van der Waals surface area contributed by atoms with E-state index in [4.69, 9.17) is 0 Å². The summed E-state index contributed by atoms with van der Waals surface area (Å²) in [6.45, 7) is 4.31. The lowest BCUT2D eigenvalue weighted by Gasteiger charge is -2.36. The maximum atomic E-state index is 12.6. The van der Waals surface area contributed by atoms with Crippen LogP contribution in [0.3, 0.4) is 0 Å². The second-order valence-corrected chi connectivity index (χ2v) is 9.91. The average molecular weight is 407 g/mol. The highest BCUT2D eigenvalue weighted by Gasteiger charge is 2.41. The van der Waals surface area contributed by atoms with Crippen molar-refractivity contribution in [2.75, 3.05) is 5.75 Å². The number of benzene rings is 1. The third-order valence-electron chi connectivity index (χ3n) is 4.85. The summed E-state index contributed by atoms with van der Waals surface area (Å²) in [5.41, 5.74) is 0.969. The van der Waals surface area contributed by atoms with Gasteiger partial charge in [0, 0.05) is 16.2 Å². The van der Waals surface area contributed by atoms with E-state index in [9.17, 15) is 14.4 Å². The molecule has 146 valence electrons. The number of hydrogen-bond acceptors (Lipinski definition) is 5. The van der Waals surface area contributed by atoms with Gasteiger partial charge in [0.25, 0.3) is 5.24 Å². The van der Waals surface area contributed by atoms with E-state index >= 15 is 0 Å². The smallest absolute Gasteiger partial charge is 0.289 e. The Kier molecular flexibility index (Phi) is 6.87. The maximum Gasteiger partial charge on any atom is 0.289 e. The molecule has 1 aliphatic heterocycles. The van der Waals surface area contributed by atoms with Crippen LogP contribution in [0.5, 0.6) is 0 Å². The summed E-state index contributed by atoms with van der Waals surface area (Å²) >= 11 is 2.86. The summed E-state index contributed by atoms with van der Waals surface area (Å²) in [7, 11) is 0. The lowest BCUT2D eigenvalue weighted by Crippen LogP contribution is -2.55. The van der Waals surface area contributed by atoms with E-state index in [1.807, 2.05) is 12.1 Å². The molecule has 27 heavy (non-hydrogen) atoms. The molecule has 2 unspecified atom stereocenters. The molecule has 7 heteroatoms. The first-order valence-corrected chi connectivity index (χ1v) is 11.3. The fraction of sp³-hybridized carbons (Fsp3) is 0.550. The zero-order valence-electron chi connectivity index (χ0n) is 15.8. The summed E-state index contributed by atoms with van der Waals surface area (Å²) in [5, 5.41) is 3.43. The molecule has 2 fully saturated rings. The number of rotatable bonds is 6. The predicted molar refractivity (Wildman–Crippen MR) is 110 cm³/mol. The zero-order valence-corrected chi connectivity index (χ0v) is 17.4. The number of imide groups is 1. The van der Waals surface area contributed by atoms with Crippen LogP contribution in [0.4, 0.5) is 4.79 Å². The number of nitrogens with one attached hydrogen (secondary N) is 1. The van der Waals surface area contributed by atoms with Crippen molar-refractivity contribution in [1.29, 1.82) is 0 Å². The average Bonchev–Trinajstić information content (AvgIpc) is 2.95. The largest absolute Gasteiger partial charge is 0.351 e. The van der Waals surface area contributed by atoms with Crippen LogP contribution >= 0.6 is 23.5 Å². The first kappa shape index (κ1) is 20.3. The molecule has 1 N–H and O–H groups in total. The van der Waals surface area contributed by atoms with Crippen molar-refractivity contribution in [2.24, 2.45) is 0 Å². The summed E-state index contributed by atoms with van der Waals surface area (Å²) in [6.07, 6.45) is 3.87. The number of carbonyl (C=O) groups excluding carboxylic acids is 3. The molecule has 5 nitrogen and oxygen atoms in total. The number of carbonyl (C=O) groups is 3. The van der Waals surface area contributed by atoms with Crippen LogP contribution in [0, 0.1) is 0 Å². The number of hydrogen-bond donors (Lipinski definition) is 1. The molecule has 0 bridgehead atoms. The quantitative estimate of drug-likeness (QED) is 0.727. The minimum absolute atomic E-state index is 0.0529. The molecule has 0 spiro atoms. The third kappa shape index (κ3) is 5.29. The summed E-state index contributed by atoms with van der Waals surface area (Å²) in [5.74, 6) is 0.0359. The molecular formula is C20H26N2O3S2. The van der Waals surface area contributed by atoms with Crippen LogP contribution in [-0.2, 0) is 16.0 Å². The van der Waals surface area contributed by atoms with Crippen molar-refractivity contribution in [1.82, 2.24) is 10.2 Å². The lowest BCUT2D eigenvalue weighted by atomic mass is 9.89. The van der Waals surface area contributed by atoms with Crippen LogP contribution in [0.15, 0.2) is 29.2 Å². The van der Waals surface area contributed by atoms with Crippen LogP contribution in [0.1, 0.15) is 45.1 Å². The normalized spacial score (nSPS) is 23.1. The Bertz CT molecular complexity index is 690. The lowest BCUT2D eigenvalue weighted by molar-refractivity contribution is -0.129. The van der Waals surface area contributed by atoms with Gasteiger partial charge in [-0.3, -0.25) is 19.3 Å². The zero-order chi connectivity index (χ0) is 19.4. The molecule has 0 aromatic heterocycles. The molecular weight excluding hydrogens is 380 g/mol. The van der Waals surface area contributed by atoms with Crippen LogP contribution in [-0.4, -0.2) is 45.0 Å². The van der Waals surface area contributed by atoms with E-state index < -0.39 is 0 Å². The molecule has 2 atom stereocenters. The van der Waals surface area contributed by atoms with Crippen molar-refractivity contribution in [3.05, 3.63) is 29.8 Å². The number of nitrogens with zero attached hydrogens (tertiary/aromatic N) is 1. The molecule has 1 aliphatic carbocycles. The highest BCUT2D eigenvalue weighted by molar-refractivity contribution is 8.14. The first-order valence-electron chi connectivity index (χ1n) is 9.48. The van der Waals surface area contributed by atoms with E-state index in [0.717, 1.165) is 43.0 Å². The Morgan fingerprint density at radius 3 is 2.56 bits per heavy atom. The van der Waals surface area contributed by atoms with E-state index in [2.05, 4.69) is 31.3 Å². The molecule has 1 aromatic rings. The van der Waals surface area contributed by atoms with E-state index in [1.54, 1.807) is 11.8 Å². The van der Waals surface area contributed by atoms with Gasteiger partial charge < -0.3 is 5.32 Å². The highest BCUT2D eigenvalue weighted by atomic mass is 32.2. The summed E-state index contributed by atoms with van der Waals surface area (Å²) < 4.78 is 0. The maximum absolute atomic E-state index is 12.6. The van der Waals surface area contributed by atoms with Gasteiger partial charge in [0.2, 0.25) is 11.8 Å². The summed E-state index contributed by atoms with van der Waals surface area (Å²) in [6, 6.07) is 7.74. The van der Waals surface area contributed by atoms with Crippen molar-refractivity contribution in [2.45, 2.75) is 68.2 Å². The van der Waals surface area contributed by atoms with Crippen molar-refractivity contribution in [3.63, 3.8) is 0 Å². The molecule has 0 radical (unpaired) electrons. The van der Waals surface area contributed by atoms with Gasteiger partial charge in [0.05, 0.1) is 18.2 Å². The Balaban J connectivity index is 1.60. The topological polar surface area (TPSA) is 66.5 Å². The third-order valence-corrected chi connectivity index (χ3v) is 6.70. The molecule has 1 saturated heterocycles. The van der Waals surface area contributed by atoms with E-state index in [-0.39, 0.29) is 34.9 Å². The monoisotopic (exact) mass is 406 g/mol. The molecule has 3 amide bonds. The fourth-order valence-electron chi connectivity index (χ4n) is 3.67. The van der Waals surface area contributed by atoms with Crippen LogP contribution in [0.2, 0.25) is 0 Å². The first-order chi connectivity index (χ1) is 12.9. The van der Waals surface area contributed by atoms with E-state index in [1.165, 1.54) is 9.80 Å². The van der Waals surface area contributed by atoms with Gasteiger partial charge in [0.1, 0.15) is 0 Å². The highest BCUT2D eigenvalue weighted by Crippen LogP contribution is 2.30. The number of thioether (sulfide) groups is 2. The van der Waals surface area contributed by atoms with Gasteiger partial charge >= 0.3 is 0 Å². The van der Waals surface area contributed by atoms with Gasteiger partial charge in [-0.1, -0.05) is 50.6 Å². The Morgan fingerprint density at radius 1 is 1.22 bits per heavy atom. The standard InChI is InChI=1S/C20H26N2O3S2/c1-13(2)27-15-9-7-14(8-10-15)11-18(23)21-16-5-3-4-6-17(16)22-19(24)12-26-20(22)25/h7-10,13,16-17H,3-6,11-12H2,1-2H3,(H,21,23). The van der Waals surface area contributed by atoms with Gasteiger partial charge in [-0.2, -0.15) is 0 Å². The Labute approximate surface area is 169 Å². The number of amides is 3. The van der Waals surface area contributed by atoms with Crippen LogP contribution < -0.4 is 5.32 Å². The predicted octanol–water partition coefficient (Wildman–Crippen LogP) is 3.85.